The largest absolute Gasteiger partial charge is 0.508 e. The maximum absolute atomic E-state index is 13.6. The monoisotopic (exact) mass is 491 g/mol. The van der Waals surface area contributed by atoms with E-state index >= 15 is 0 Å². The molecule has 0 amide bonds. The molecule has 0 saturated carbocycles. The SMILES string of the molecule is COc1ccc(NS(=O)(=O)c2ccccc2C(c2ccc(O)cc2)c2ccc(O)cc2)c(OC)c1. The van der Waals surface area contributed by atoms with Crippen molar-refractivity contribution in [3.63, 3.8) is 0 Å². The Bertz CT molecular complexity index is 1370. The molecule has 8 heteroatoms. The Balaban J connectivity index is 1.84. The lowest BCUT2D eigenvalue weighted by Gasteiger charge is -2.22. The van der Waals surface area contributed by atoms with Crippen LogP contribution in [0.25, 0.3) is 0 Å². The zero-order chi connectivity index (χ0) is 25.0. The molecule has 0 heterocycles. The first-order chi connectivity index (χ1) is 16.8. The fraction of sp³-hybridized carbons (Fsp3) is 0.111. The van der Waals surface area contributed by atoms with E-state index in [4.69, 9.17) is 9.47 Å². The zero-order valence-corrected chi connectivity index (χ0v) is 20.0. The van der Waals surface area contributed by atoms with E-state index in [1.807, 2.05) is 0 Å². The molecule has 0 fully saturated rings. The van der Waals surface area contributed by atoms with Crippen LogP contribution in [-0.2, 0) is 10.0 Å². The minimum absolute atomic E-state index is 0.0871. The first-order valence-electron chi connectivity index (χ1n) is 10.7. The maximum atomic E-state index is 13.6. The van der Waals surface area contributed by atoms with E-state index in [2.05, 4.69) is 4.72 Å². The van der Waals surface area contributed by atoms with Gasteiger partial charge in [0.25, 0.3) is 10.0 Å². The van der Waals surface area contributed by atoms with E-state index in [9.17, 15) is 18.6 Å². The van der Waals surface area contributed by atoms with Gasteiger partial charge in [-0.1, -0.05) is 42.5 Å². The highest BCUT2D eigenvalue weighted by molar-refractivity contribution is 7.92. The lowest BCUT2D eigenvalue weighted by molar-refractivity contribution is 0.395. The molecule has 4 aromatic rings. The highest BCUT2D eigenvalue weighted by Gasteiger charge is 2.27. The number of methoxy groups -OCH3 is 2. The Kier molecular flexibility index (Phi) is 6.84. The van der Waals surface area contributed by atoms with Crippen LogP contribution in [0, 0.1) is 0 Å². The zero-order valence-electron chi connectivity index (χ0n) is 19.2. The third-order valence-electron chi connectivity index (χ3n) is 5.63. The van der Waals surface area contributed by atoms with Crippen molar-refractivity contribution >= 4 is 15.7 Å². The summed E-state index contributed by atoms with van der Waals surface area (Å²) in [6.07, 6.45) is 0. The highest BCUT2D eigenvalue weighted by Crippen LogP contribution is 2.38. The van der Waals surface area contributed by atoms with E-state index in [0.29, 0.717) is 17.1 Å². The van der Waals surface area contributed by atoms with Crippen LogP contribution in [0.5, 0.6) is 23.0 Å². The number of phenols is 2. The minimum atomic E-state index is -4.04. The van der Waals surface area contributed by atoms with Crippen molar-refractivity contribution in [3.8, 4) is 23.0 Å². The standard InChI is InChI=1S/C27H25NO6S/c1-33-22-15-16-24(25(17-22)34-2)28-35(31,32)26-6-4-3-5-23(26)27(18-7-11-20(29)12-8-18)19-9-13-21(30)14-10-19/h3-17,27-30H,1-2H3. The van der Waals surface area contributed by atoms with Crippen molar-refractivity contribution in [2.24, 2.45) is 0 Å². The topological polar surface area (TPSA) is 105 Å². The number of nitrogens with one attached hydrogen (secondary N) is 1. The third kappa shape index (κ3) is 5.17. The Morgan fingerprint density at radius 1 is 0.743 bits per heavy atom. The summed E-state index contributed by atoms with van der Waals surface area (Å²) < 4.78 is 40.5. The van der Waals surface area contributed by atoms with Crippen molar-refractivity contribution in [2.75, 3.05) is 18.9 Å². The van der Waals surface area contributed by atoms with Gasteiger partial charge < -0.3 is 19.7 Å². The Morgan fingerprint density at radius 3 is 1.86 bits per heavy atom. The molecular weight excluding hydrogens is 466 g/mol. The summed E-state index contributed by atoms with van der Waals surface area (Å²) in [5.74, 6) is 0.574. The number of ether oxygens (including phenoxy) is 2. The molecule has 0 atom stereocenters. The van der Waals surface area contributed by atoms with Crippen LogP contribution >= 0.6 is 0 Å². The Morgan fingerprint density at radius 2 is 1.31 bits per heavy atom. The lowest BCUT2D eigenvalue weighted by atomic mass is 9.85. The number of phenolic OH excluding ortho intramolecular Hbond substituents is 2. The van der Waals surface area contributed by atoms with Crippen molar-refractivity contribution in [2.45, 2.75) is 10.8 Å². The summed E-state index contributed by atoms with van der Waals surface area (Å²) in [5.41, 5.74) is 2.36. The molecule has 3 N–H and O–H groups in total. The average Bonchev–Trinajstić information content (AvgIpc) is 2.87. The lowest BCUT2D eigenvalue weighted by Crippen LogP contribution is -2.17. The number of rotatable bonds is 8. The van der Waals surface area contributed by atoms with Gasteiger partial charge in [-0.15, -0.1) is 0 Å². The molecule has 0 unspecified atom stereocenters. The van der Waals surface area contributed by atoms with Crippen LogP contribution in [0.3, 0.4) is 0 Å². The molecule has 0 spiro atoms. The molecule has 4 rings (SSSR count). The van der Waals surface area contributed by atoms with Gasteiger partial charge in [-0.3, -0.25) is 4.72 Å². The second-order valence-corrected chi connectivity index (χ2v) is 9.48. The number of hydrogen-bond acceptors (Lipinski definition) is 6. The van der Waals surface area contributed by atoms with Crippen LogP contribution in [0.1, 0.15) is 22.6 Å². The number of hydrogen-bond donors (Lipinski definition) is 3. The predicted molar refractivity (Wildman–Crippen MR) is 134 cm³/mol. The van der Waals surface area contributed by atoms with Crippen LogP contribution in [-0.4, -0.2) is 32.9 Å². The van der Waals surface area contributed by atoms with E-state index in [1.54, 1.807) is 91.0 Å². The van der Waals surface area contributed by atoms with Gasteiger partial charge >= 0.3 is 0 Å². The van der Waals surface area contributed by atoms with E-state index in [1.165, 1.54) is 14.2 Å². The van der Waals surface area contributed by atoms with Crippen LogP contribution < -0.4 is 14.2 Å². The maximum Gasteiger partial charge on any atom is 0.262 e. The molecule has 180 valence electrons. The van der Waals surface area contributed by atoms with Crippen LogP contribution in [0.4, 0.5) is 5.69 Å². The average molecular weight is 492 g/mol. The van der Waals surface area contributed by atoms with E-state index in [0.717, 1.165) is 11.1 Å². The van der Waals surface area contributed by atoms with Crippen molar-refractivity contribution in [3.05, 3.63) is 108 Å². The van der Waals surface area contributed by atoms with Gasteiger partial charge in [0.1, 0.15) is 23.0 Å². The van der Waals surface area contributed by atoms with Crippen molar-refractivity contribution in [1.82, 2.24) is 0 Å². The summed E-state index contributed by atoms with van der Waals surface area (Å²) in [7, 11) is -1.08. The fourth-order valence-electron chi connectivity index (χ4n) is 3.93. The van der Waals surface area contributed by atoms with Crippen molar-refractivity contribution in [1.29, 1.82) is 0 Å². The quantitative estimate of drug-likeness (QED) is 0.296. The van der Waals surface area contributed by atoms with Gasteiger partial charge in [0.2, 0.25) is 0 Å². The molecule has 4 aromatic carbocycles. The first-order valence-corrected chi connectivity index (χ1v) is 12.2. The normalized spacial score (nSPS) is 11.3. The molecule has 35 heavy (non-hydrogen) atoms. The first kappa shape index (κ1) is 24.0. The molecule has 7 nitrogen and oxygen atoms in total. The molecule has 0 aliphatic carbocycles. The third-order valence-corrected chi connectivity index (χ3v) is 7.06. The minimum Gasteiger partial charge on any atom is -0.508 e. The van der Waals surface area contributed by atoms with E-state index < -0.39 is 15.9 Å². The smallest absolute Gasteiger partial charge is 0.262 e. The van der Waals surface area contributed by atoms with Gasteiger partial charge in [-0.2, -0.15) is 0 Å². The van der Waals surface area contributed by atoms with Gasteiger partial charge in [-0.25, -0.2) is 8.42 Å². The molecule has 0 aromatic heterocycles. The van der Waals surface area contributed by atoms with Crippen LogP contribution in [0.2, 0.25) is 0 Å². The number of benzene rings is 4. The summed E-state index contributed by atoms with van der Waals surface area (Å²) in [4.78, 5) is 0.0871. The predicted octanol–water partition coefficient (Wildman–Crippen LogP) is 5.10. The summed E-state index contributed by atoms with van der Waals surface area (Å²) in [5, 5.41) is 19.6. The van der Waals surface area contributed by atoms with Gasteiger partial charge in [0.15, 0.2) is 0 Å². The van der Waals surface area contributed by atoms with Crippen LogP contribution in [0.15, 0.2) is 95.9 Å². The molecule has 0 saturated heterocycles. The van der Waals surface area contributed by atoms with E-state index in [-0.39, 0.29) is 22.1 Å². The molecule has 0 bridgehead atoms. The summed E-state index contributed by atoms with van der Waals surface area (Å²) >= 11 is 0. The van der Waals surface area contributed by atoms with Gasteiger partial charge in [0.05, 0.1) is 24.8 Å². The number of sulfonamides is 1. The Hall–Kier alpha value is -4.17. The molecule has 0 aliphatic heterocycles. The number of anilines is 1. The van der Waals surface area contributed by atoms with Gasteiger partial charge in [0, 0.05) is 12.0 Å². The molecule has 0 aliphatic rings. The highest BCUT2D eigenvalue weighted by atomic mass is 32.2. The van der Waals surface area contributed by atoms with Gasteiger partial charge in [-0.05, 0) is 59.2 Å². The summed E-state index contributed by atoms with van der Waals surface area (Å²) in [6, 6.07) is 24.8. The second-order valence-electron chi connectivity index (χ2n) is 7.83. The molecule has 0 radical (unpaired) electrons. The second kappa shape index (κ2) is 9.99. The number of aromatic hydroxyl groups is 2. The van der Waals surface area contributed by atoms with Crippen molar-refractivity contribution < 1.29 is 28.1 Å². The fourth-order valence-corrected chi connectivity index (χ4v) is 5.25. The molecular formula is C27H25NO6S. The summed E-state index contributed by atoms with van der Waals surface area (Å²) in [6.45, 7) is 0. The Labute approximate surface area is 204 Å².